The Morgan fingerprint density at radius 2 is 1.94 bits per heavy atom. The smallest absolute Gasteiger partial charge is 0.0248 e. The van der Waals surface area contributed by atoms with E-state index in [1.165, 1.54) is 11.1 Å². The number of rotatable bonds is 4. The molecule has 1 aromatic rings. The summed E-state index contributed by atoms with van der Waals surface area (Å²) >= 11 is 0. The maximum absolute atomic E-state index is 6.40. The van der Waals surface area contributed by atoms with Gasteiger partial charge in [-0.1, -0.05) is 38.1 Å². The Kier molecular flexibility index (Phi) is 3.04. The molecular formula is C15H24N2. The fourth-order valence-corrected chi connectivity index (χ4v) is 2.47. The Labute approximate surface area is 105 Å². The zero-order valence-electron chi connectivity index (χ0n) is 11.5. The van der Waals surface area contributed by atoms with Gasteiger partial charge in [0.2, 0.25) is 0 Å². The van der Waals surface area contributed by atoms with E-state index in [2.05, 4.69) is 57.1 Å². The van der Waals surface area contributed by atoms with Gasteiger partial charge in [0, 0.05) is 17.5 Å². The fourth-order valence-electron chi connectivity index (χ4n) is 2.47. The van der Waals surface area contributed by atoms with Crippen LogP contribution in [0.1, 0.15) is 37.8 Å². The molecule has 0 unspecified atom stereocenters. The van der Waals surface area contributed by atoms with E-state index in [9.17, 15) is 0 Å². The van der Waals surface area contributed by atoms with Crippen LogP contribution >= 0.6 is 0 Å². The molecule has 0 radical (unpaired) electrons. The third-order valence-corrected chi connectivity index (χ3v) is 4.18. The van der Waals surface area contributed by atoms with Crippen molar-refractivity contribution >= 4 is 0 Å². The molecule has 2 nitrogen and oxygen atoms in total. The lowest BCUT2D eigenvalue weighted by Crippen LogP contribution is -2.43. The first-order valence-corrected chi connectivity index (χ1v) is 6.38. The van der Waals surface area contributed by atoms with E-state index >= 15 is 0 Å². The average Bonchev–Trinajstić information content (AvgIpc) is 2.97. The molecule has 0 saturated heterocycles. The predicted octanol–water partition coefficient (Wildman–Crippen LogP) is 2.52. The summed E-state index contributed by atoms with van der Waals surface area (Å²) in [7, 11) is 4.20. The summed E-state index contributed by atoms with van der Waals surface area (Å²) in [6.45, 7) is 5.53. The Morgan fingerprint density at radius 3 is 2.47 bits per heavy atom. The van der Waals surface area contributed by atoms with Crippen LogP contribution in [0, 0.1) is 0 Å². The molecule has 0 amide bonds. The lowest BCUT2D eigenvalue weighted by Gasteiger charge is -2.33. The van der Waals surface area contributed by atoms with Crippen LogP contribution in [0.5, 0.6) is 0 Å². The van der Waals surface area contributed by atoms with Gasteiger partial charge >= 0.3 is 0 Å². The highest BCUT2D eigenvalue weighted by Crippen LogP contribution is 2.49. The lowest BCUT2D eigenvalue weighted by molar-refractivity contribution is 0.386. The van der Waals surface area contributed by atoms with Gasteiger partial charge in [-0.25, -0.2) is 0 Å². The first-order valence-electron chi connectivity index (χ1n) is 6.38. The molecule has 1 aliphatic carbocycles. The zero-order valence-corrected chi connectivity index (χ0v) is 11.5. The molecule has 2 rings (SSSR count). The number of nitrogens with zero attached hydrogens (tertiary/aromatic N) is 1. The minimum absolute atomic E-state index is 0.0176. The lowest BCUT2D eigenvalue weighted by atomic mass is 9.75. The van der Waals surface area contributed by atoms with Gasteiger partial charge in [0.15, 0.2) is 0 Å². The number of hydrogen-bond acceptors (Lipinski definition) is 2. The van der Waals surface area contributed by atoms with E-state index in [0.717, 1.165) is 19.4 Å². The van der Waals surface area contributed by atoms with Crippen molar-refractivity contribution < 1.29 is 0 Å². The van der Waals surface area contributed by atoms with E-state index in [1.807, 2.05) is 0 Å². The van der Waals surface area contributed by atoms with Gasteiger partial charge in [0.05, 0.1) is 0 Å². The summed E-state index contributed by atoms with van der Waals surface area (Å²) in [5.41, 5.74) is 9.23. The Balaban J connectivity index is 2.27. The molecule has 1 aliphatic rings. The highest BCUT2D eigenvalue weighted by molar-refractivity contribution is 5.35. The molecule has 0 bridgehead atoms. The quantitative estimate of drug-likeness (QED) is 0.864. The van der Waals surface area contributed by atoms with Gasteiger partial charge in [0.1, 0.15) is 0 Å². The highest BCUT2D eigenvalue weighted by atomic mass is 15.0. The monoisotopic (exact) mass is 232 g/mol. The molecule has 0 spiro atoms. The molecule has 1 saturated carbocycles. The van der Waals surface area contributed by atoms with Crippen molar-refractivity contribution in [1.29, 1.82) is 0 Å². The molecule has 0 aliphatic heterocycles. The number of hydrogen-bond donors (Lipinski definition) is 1. The SMILES string of the molecule is CN(C)Cc1cccc(C(C)(C)C2(N)CC2)c1. The second-order valence-corrected chi connectivity index (χ2v) is 6.22. The number of nitrogens with two attached hydrogens (primary N) is 1. The van der Waals surface area contributed by atoms with Gasteiger partial charge in [-0.3, -0.25) is 0 Å². The molecule has 0 heterocycles. The first-order chi connectivity index (χ1) is 7.85. The summed E-state index contributed by atoms with van der Waals surface area (Å²) < 4.78 is 0. The summed E-state index contributed by atoms with van der Waals surface area (Å²) in [4.78, 5) is 2.20. The van der Waals surface area contributed by atoms with E-state index in [-0.39, 0.29) is 11.0 Å². The normalized spacial score (nSPS) is 18.5. The first kappa shape index (κ1) is 12.6. The van der Waals surface area contributed by atoms with Crippen molar-refractivity contribution in [3.8, 4) is 0 Å². The van der Waals surface area contributed by atoms with Crippen LogP contribution in [0.2, 0.25) is 0 Å². The van der Waals surface area contributed by atoms with Gasteiger partial charge in [0.25, 0.3) is 0 Å². The highest BCUT2D eigenvalue weighted by Gasteiger charge is 2.51. The molecule has 1 aromatic carbocycles. The van der Waals surface area contributed by atoms with Crippen molar-refractivity contribution in [2.75, 3.05) is 14.1 Å². The maximum atomic E-state index is 6.40. The Bertz CT molecular complexity index is 403. The van der Waals surface area contributed by atoms with Crippen LogP contribution in [0.4, 0.5) is 0 Å². The van der Waals surface area contributed by atoms with Crippen molar-refractivity contribution in [1.82, 2.24) is 4.90 Å². The minimum Gasteiger partial charge on any atom is -0.324 e. The van der Waals surface area contributed by atoms with Crippen molar-refractivity contribution in [2.45, 2.75) is 44.2 Å². The van der Waals surface area contributed by atoms with Gasteiger partial charge in [-0.05, 0) is 38.1 Å². The molecule has 17 heavy (non-hydrogen) atoms. The fraction of sp³-hybridized carbons (Fsp3) is 0.600. The van der Waals surface area contributed by atoms with Crippen molar-refractivity contribution in [2.24, 2.45) is 5.73 Å². The third kappa shape index (κ3) is 2.38. The van der Waals surface area contributed by atoms with Crippen LogP contribution in [0.25, 0.3) is 0 Å². The van der Waals surface area contributed by atoms with E-state index in [4.69, 9.17) is 5.73 Å². The summed E-state index contributed by atoms with van der Waals surface area (Å²) in [5.74, 6) is 0. The van der Waals surface area contributed by atoms with Crippen LogP contribution < -0.4 is 5.73 Å². The van der Waals surface area contributed by atoms with Gasteiger partial charge < -0.3 is 10.6 Å². The third-order valence-electron chi connectivity index (χ3n) is 4.18. The van der Waals surface area contributed by atoms with Gasteiger partial charge in [-0.2, -0.15) is 0 Å². The van der Waals surface area contributed by atoms with Crippen molar-refractivity contribution in [3.63, 3.8) is 0 Å². The maximum Gasteiger partial charge on any atom is 0.0248 e. The van der Waals surface area contributed by atoms with Crippen molar-refractivity contribution in [3.05, 3.63) is 35.4 Å². The average molecular weight is 232 g/mol. The molecule has 0 atom stereocenters. The number of benzene rings is 1. The molecule has 2 heteroatoms. The Hall–Kier alpha value is -0.860. The zero-order chi connectivity index (χ0) is 12.7. The summed E-state index contributed by atoms with van der Waals surface area (Å²) in [6, 6.07) is 8.87. The predicted molar refractivity (Wildman–Crippen MR) is 73.0 cm³/mol. The largest absolute Gasteiger partial charge is 0.324 e. The molecular weight excluding hydrogens is 208 g/mol. The topological polar surface area (TPSA) is 29.3 Å². The standard InChI is InChI=1S/C15H24N2/c1-14(2,15(16)8-9-15)13-7-5-6-12(10-13)11-17(3)4/h5-7,10H,8-9,11,16H2,1-4H3. The second kappa shape index (κ2) is 4.11. The van der Waals surface area contributed by atoms with Crippen LogP contribution in [0.15, 0.2) is 24.3 Å². The van der Waals surface area contributed by atoms with Crippen LogP contribution in [0.3, 0.4) is 0 Å². The second-order valence-electron chi connectivity index (χ2n) is 6.22. The van der Waals surface area contributed by atoms with E-state index < -0.39 is 0 Å². The summed E-state index contributed by atoms with van der Waals surface area (Å²) in [5, 5.41) is 0. The van der Waals surface area contributed by atoms with E-state index in [1.54, 1.807) is 0 Å². The van der Waals surface area contributed by atoms with Gasteiger partial charge in [-0.15, -0.1) is 0 Å². The summed E-state index contributed by atoms with van der Waals surface area (Å²) in [6.07, 6.45) is 2.30. The molecule has 94 valence electrons. The van der Waals surface area contributed by atoms with Crippen LogP contribution in [-0.2, 0) is 12.0 Å². The van der Waals surface area contributed by atoms with Crippen LogP contribution in [-0.4, -0.2) is 24.5 Å². The minimum atomic E-state index is 0.0176. The molecule has 2 N–H and O–H groups in total. The molecule has 0 aromatic heterocycles. The Morgan fingerprint density at radius 1 is 1.29 bits per heavy atom. The molecule has 1 fully saturated rings. The van der Waals surface area contributed by atoms with E-state index in [0.29, 0.717) is 0 Å².